The van der Waals surface area contributed by atoms with E-state index in [-0.39, 0.29) is 12.3 Å². The summed E-state index contributed by atoms with van der Waals surface area (Å²) in [4.78, 5) is 11.9. The van der Waals surface area contributed by atoms with Gasteiger partial charge in [0.2, 0.25) is 0 Å². The summed E-state index contributed by atoms with van der Waals surface area (Å²) in [6.07, 6.45) is -14.9. The van der Waals surface area contributed by atoms with Crippen LogP contribution in [-0.2, 0) is 9.53 Å². The van der Waals surface area contributed by atoms with Gasteiger partial charge in [-0.15, -0.1) is 0 Å². The Morgan fingerprint density at radius 1 is 1.00 bits per heavy atom. The molecule has 0 aromatic carbocycles. The first-order valence-electron chi connectivity index (χ1n) is 6.93. The lowest BCUT2D eigenvalue weighted by atomic mass is 9.78. The molecule has 0 N–H and O–H groups in total. The Kier molecular flexibility index (Phi) is 6.78. The van der Waals surface area contributed by atoms with E-state index in [1.165, 1.54) is 0 Å². The normalized spacial score (nSPS) is 16.5. The van der Waals surface area contributed by atoms with Crippen molar-refractivity contribution in [3.05, 3.63) is 0 Å². The molecule has 0 fully saturated rings. The molecule has 0 spiro atoms. The fourth-order valence-corrected chi connectivity index (χ4v) is 1.98. The molecule has 0 bridgehead atoms. The van der Waals surface area contributed by atoms with Crippen molar-refractivity contribution in [1.82, 2.24) is 0 Å². The molecule has 0 saturated carbocycles. The van der Waals surface area contributed by atoms with Gasteiger partial charge in [0.05, 0.1) is 5.92 Å². The lowest BCUT2D eigenvalue weighted by Gasteiger charge is -2.31. The van der Waals surface area contributed by atoms with Gasteiger partial charge in [0, 0.05) is 0 Å². The molecule has 0 saturated heterocycles. The molecule has 0 heterocycles. The van der Waals surface area contributed by atoms with Crippen molar-refractivity contribution in [2.24, 2.45) is 17.3 Å². The SMILES string of the molecule is CCC(C)C(CC(C)(C)C)C(=O)OC(C(F)(F)F)C(F)(F)F. The molecule has 0 aromatic heterocycles. The van der Waals surface area contributed by atoms with Crippen LogP contribution in [0.2, 0.25) is 0 Å². The summed E-state index contributed by atoms with van der Waals surface area (Å²) in [7, 11) is 0. The summed E-state index contributed by atoms with van der Waals surface area (Å²) in [5, 5.41) is 0. The first kappa shape index (κ1) is 21.0. The van der Waals surface area contributed by atoms with Crippen molar-refractivity contribution in [3.63, 3.8) is 0 Å². The lowest BCUT2D eigenvalue weighted by molar-refractivity contribution is -0.314. The van der Waals surface area contributed by atoms with Crippen LogP contribution in [0.4, 0.5) is 26.3 Å². The van der Waals surface area contributed by atoms with Crippen LogP contribution in [-0.4, -0.2) is 24.4 Å². The highest BCUT2D eigenvalue weighted by Gasteiger charge is 2.60. The van der Waals surface area contributed by atoms with Gasteiger partial charge < -0.3 is 4.74 Å². The Morgan fingerprint density at radius 2 is 1.41 bits per heavy atom. The molecule has 0 rings (SSSR count). The minimum atomic E-state index is -5.68. The number of hydrogen-bond donors (Lipinski definition) is 0. The van der Waals surface area contributed by atoms with Crippen molar-refractivity contribution in [1.29, 1.82) is 0 Å². The minimum absolute atomic E-state index is 0.142. The van der Waals surface area contributed by atoms with Crippen molar-refractivity contribution in [3.8, 4) is 0 Å². The van der Waals surface area contributed by atoms with Gasteiger partial charge in [-0.3, -0.25) is 4.79 Å². The second kappa shape index (κ2) is 7.08. The van der Waals surface area contributed by atoms with Gasteiger partial charge in [0.1, 0.15) is 0 Å². The molecule has 0 radical (unpaired) electrons. The molecule has 2 nitrogen and oxygen atoms in total. The third kappa shape index (κ3) is 6.87. The molecule has 22 heavy (non-hydrogen) atoms. The van der Waals surface area contributed by atoms with Crippen LogP contribution in [0.15, 0.2) is 0 Å². The molecule has 0 aliphatic carbocycles. The standard InChI is InChI=1S/C14H22F6O2/c1-6-8(2)9(7-12(3,4)5)10(21)22-11(13(15,16)17)14(18,19)20/h8-9,11H,6-7H2,1-5H3. The van der Waals surface area contributed by atoms with Crippen LogP contribution >= 0.6 is 0 Å². The van der Waals surface area contributed by atoms with Gasteiger partial charge in [0.25, 0.3) is 6.10 Å². The second-order valence-electron chi connectivity index (χ2n) is 6.66. The Balaban J connectivity index is 5.31. The second-order valence-corrected chi connectivity index (χ2v) is 6.66. The maximum absolute atomic E-state index is 12.5. The molecular formula is C14H22F6O2. The van der Waals surface area contributed by atoms with Gasteiger partial charge in [-0.1, -0.05) is 41.0 Å². The molecule has 2 atom stereocenters. The van der Waals surface area contributed by atoms with Crippen molar-refractivity contribution < 1.29 is 35.9 Å². The van der Waals surface area contributed by atoms with Crippen LogP contribution in [0, 0.1) is 17.3 Å². The first-order valence-corrected chi connectivity index (χ1v) is 6.93. The quantitative estimate of drug-likeness (QED) is 0.514. The molecular weight excluding hydrogens is 314 g/mol. The van der Waals surface area contributed by atoms with Crippen molar-refractivity contribution in [2.45, 2.75) is 65.9 Å². The van der Waals surface area contributed by atoms with Crippen molar-refractivity contribution in [2.75, 3.05) is 0 Å². The lowest BCUT2D eigenvalue weighted by Crippen LogP contribution is -2.47. The average Bonchev–Trinajstić information content (AvgIpc) is 2.27. The molecule has 132 valence electrons. The largest absolute Gasteiger partial charge is 0.443 e. The van der Waals surface area contributed by atoms with Gasteiger partial charge >= 0.3 is 18.3 Å². The Bertz CT molecular complexity index is 353. The van der Waals surface area contributed by atoms with E-state index in [2.05, 4.69) is 4.74 Å². The fourth-order valence-electron chi connectivity index (χ4n) is 1.98. The van der Waals surface area contributed by atoms with E-state index in [4.69, 9.17) is 0 Å². The maximum Gasteiger partial charge on any atom is 0.434 e. The molecule has 0 amide bonds. The van der Waals surface area contributed by atoms with E-state index in [1.54, 1.807) is 34.6 Å². The number of halogens is 6. The van der Waals surface area contributed by atoms with E-state index < -0.39 is 35.8 Å². The smallest absolute Gasteiger partial charge is 0.434 e. The summed E-state index contributed by atoms with van der Waals surface area (Å²) >= 11 is 0. The van der Waals surface area contributed by atoms with E-state index in [0.29, 0.717) is 6.42 Å². The molecule has 8 heteroatoms. The number of ether oxygens (including phenoxy) is 1. The van der Waals surface area contributed by atoms with Gasteiger partial charge in [-0.2, -0.15) is 26.3 Å². The Labute approximate surface area is 126 Å². The maximum atomic E-state index is 12.5. The Morgan fingerprint density at radius 3 is 1.68 bits per heavy atom. The number of esters is 1. The first-order chi connectivity index (χ1) is 9.59. The average molecular weight is 336 g/mol. The molecule has 0 aliphatic heterocycles. The number of hydrogen-bond acceptors (Lipinski definition) is 2. The summed E-state index contributed by atoms with van der Waals surface area (Å²) < 4.78 is 78.6. The highest BCUT2D eigenvalue weighted by atomic mass is 19.4. The molecule has 0 aliphatic rings. The predicted molar refractivity (Wildman–Crippen MR) is 69.0 cm³/mol. The summed E-state index contributed by atoms with van der Waals surface area (Å²) in [5.41, 5.74) is -0.431. The Hall–Kier alpha value is -0.950. The van der Waals surface area contributed by atoms with Crippen molar-refractivity contribution >= 4 is 5.97 Å². The zero-order chi connectivity index (χ0) is 17.9. The number of rotatable bonds is 5. The third-order valence-electron chi connectivity index (χ3n) is 3.29. The van der Waals surface area contributed by atoms with E-state index >= 15 is 0 Å². The highest BCUT2D eigenvalue weighted by Crippen LogP contribution is 2.38. The van der Waals surface area contributed by atoms with Crippen LogP contribution in [0.1, 0.15) is 47.5 Å². The number of alkyl halides is 6. The summed E-state index contributed by atoms with van der Waals surface area (Å²) in [5.74, 6) is -2.85. The van der Waals surface area contributed by atoms with Gasteiger partial charge in [-0.05, 0) is 17.8 Å². The van der Waals surface area contributed by atoms with Gasteiger partial charge in [-0.25, -0.2) is 0 Å². The molecule has 0 aromatic rings. The van der Waals surface area contributed by atoms with E-state index in [0.717, 1.165) is 0 Å². The molecule has 2 unspecified atom stereocenters. The fraction of sp³-hybridized carbons (Fsp3) is 0.929. The van der Waals surface area contributed by atoms with E-state index in [9.17, 15) is 31.1 Å². The summed E-state index contributed by atoms with van der Waals surface area (Å²) in [6, 6.07) is 0. The van der Waals surface area contributed by atoms with Crippen LogP contribution < -0.4 is 0 Å². The minimum Gasteiger partial charge on any atom is -0.443 e. The van der Waals surface area contributed by atoms with Gasteiger partial charge in [0.15, 0.2) is 0 Å². The monoisotopic (exact) mass is 336 g/mol. The zero-order valence-electron chi connectivity index (χ0n) is 13.2. The number of carbonyl (C=O) groups is 1. The number of carbonyl (C=O) groups excluding carboxylic acids is 1. The highest BCUT2D eigenvalue weighted by molar-refractivity contribution is 5.73. The van der Waals surface area contributed by atoms with Crippen LogP contribution in [0.3, 0.4) is 0 Å². The van der Waals surface area contributed by atoms with Crippen LogP contribution in [0.5, 0.6) is 0 Å². The predicted octanol–water partition coefficient (Wildman–Crippen LogP) is 5.12. The third-order valence-corrected chi connectivity index (χ3v) is 3.29. The summed E-state index contributed by atoms with van der Waals surface area (Å²) in [6.45, 7) is 8.56. The van der Waals surface area contributed by atoms with E-state index in [1.807, 2.05) is 0 Å². The van der Waals surface area contributed by atoms with Crippen LogP contribution in [0.25, 0.3) is 0 Å². The zero-order valence-corrected chi connectivity index (χ0v) is 13.2. The topological polar surface area (TPSA) is 26.3 Å².